The van der Waals surface area contributed by atoms with Crippen LogP contribution in [0, 0.1) is 0 Å². The molecule has 0 bridgehead atoms. The number of allylic oxidation sites excluding steroid dienone is 1. The minimum atomic E-state index is -0.969. The van der Waals surface area contributed by atoms with Gasteiger partial charge in [-0.25, -0.2) is 4.99 Å². The zero-order valence-electron chi connectivity index (χ0n) is 9.09. The van der Waals surface area contributed by atoms with E-state index < -0.39 is 8.07 Å². The number of nitrogens with two attached hydrogens (primary N) is 1. The molecule has 0 unspecified atom stereocenters. The fourth-order valence-electron chi connectivity index (χ4n) is 0.682. The summed E-state index contributed by atoms with van der Waals surface area (Å²) in [6, 6.07) is 1.17. The lowest BCUT2D eigenvalue weighted by atomic mass is 10.7. The Balaban J connectivity index is 3.52. The molecular formula is C9H19BrN2OSi. The van der Waals surface area contributed by atoms with Crippen LogP contribution in [0.3, 0.4) is 0 Å². The van der Waals surface area contributed by atoms with Crippen molar-refractivity contribution in [3.05, 3.63) is 12.3 Å². The van der Waals surface area contributed by atoms with Crippen LogP contribution in [-0.4, -0.2) is 26.0 Å². The summed E-state index contributed by atoms with van der Waals surface area (Å²) < 4.78 is 6.08. The number of rotatable bonds is 6. The summed E-state index contributed by atoms with van der Waals surface area (Å²) in [5, 5.41) is 0. The third kappa shape index (κ3) is 9.95. The minimum absolute atomic E-state index is 0.398. The Labute approximate surface area is 95.6 Å². The van der Waals surface area contributed by atoms with Crippen molar-refractivity contribution in [1.82, 2.24) is 0 Å². The van der Waals surface area contributed by atoms with E-state index in [1.807, 2.05) is 0 Å². The summed E-state index contributed by atoms with van der Waals surface area (Å²) in [5.74, 6) is 0. The van der Waals surface area contributed by atoms with Crippen molar-refractivity contribution in [2.75, 3.05) is 13.3 Å². The van der Waals surface area contributed by atoms with E-state index in [-0.39, 0.29) is 0 Å². The fourth-order valence-corrected chi connectivity index (χ4v) is 1.69. The largest absolute Gasteiger partial charge is 0.405 e. The maximum Gasteiger partial charge on any atom is 0.138 e. The zero-order chi connectivity index (χ0) is 11.0. The Morgan fingerprint density at radius 1 is 1.50 bits per heavy atom. The van der Waals surface area contributed by atoms with Crippen LogP contribution in [0.1, 0.15) is 0 Å². The van der Waals surface area contributed by atoms with Gasteiger partial charge in [0.05, 0.1) is 0 Å². The standard InChI is InChI=1S/C9H19BrN2OSi/c1-14(2,3)7-6-13-8-12-9(10)4-5-11/h4-5H,6-8,11H2,1-3H3/b5-4-,12-9-. The van der Waals surface area contributed by atoms with E-state index in [2.05, 4.69) is 40.6 Å². The second kappa shape index (κ2) is 7.20. The number of nitrogens with zero attached hydrogens (tertiary/aromatic N) is 1. The molecule has 0 spiro atoms. The van der Waals surface area contributed by atoms with E-state index in [0.717, 1.165) is 6.61 Å². The van der Waals surface area contributed by atoms with Crippen molar-refractivity contribution in [2.45, 2.75) is 25.7 Å². The lowest BCUT2D eigenvalue weighted by Gasteiger charge is -2.14. The van der Waals surface area contributed by atoms with Gasteiger partial charge in [-0.1, -0.05) is 19.6 Å². The van der Waals surface area contributed by atoms with E-state index >= 15 is 0 Å². The molecule has 0 fully saturated rings. The van der Waals surface area contributed by atoms with Crippen molar-refractivity contribution in [3.8, 4) is 0 Å². The maximum absolute atomic E-state index is 5.37. The van der Waals surface area contributed by atoms with Crippen LogP contribution >= 0.6 is 15.9 Å². The first-order chi connectivity index (χ1) is 6.45. The molecule has 0 heterocycles. The van der Waals surface area contributed by atoms with Crippen molar-refractivity contribution < 1.29 is 4.74 Å². The first-order valence-electron chi connectivity index (χ1n) is 4.62. The van der Waals surface area contributed by atoms with E-state index in [9.17, 15) is 0 Å². The number of hydrogen-bond acceptors (Lipinski definition) is 3. The Hall–Kier alpha value is -0.133. The molecule has 2 N–H and O–H groups in total. The van der Waals surface area contributed by atoms with Gasteiger partial charge in [0.1, 0.15) is 11.4 Å². The highest BCUT2D eigenvalue weighted by Gasteiger charge is 2.11. The van der Waals surface area contributed by atoms with Crippen LogP contribution in [0.15, 0.2) is 17.3 Å². The van der Waals surface area contributed by atoms with Crippen molar-refractivity contribution >= 4 is 28.6 Å². The van der Waals surface area contributed by atoms with E-state index in [0.29, 0.717) is 11.4 Å². The average molecular weight is 279 g/mol. The van der Waals surface area contributed by atoms with Crippen LogP contribution in [-0.2, 0) is 4.74 Å². The first-order valence-corrected chi connectivity index (χ1v) is 9.12. The molecule has 82 valence electrons. The molecule has 0 atom stereocenters. The molecule has 14 heavy (non-hydrogen) atoms. The summed E-state index contributed by atoms with van der Waals surface area (Å²) in [5.41, 5.74) is 5.19. The maximum atomic E-state index is 5.37. The van der Waals surface area contributed by atoms with Gasteiger partial charge in [-0.3, -0.25) is 0 Å². The lowest BCUT2D eigenvalue weighted by molar-refractivity contribution is 0.156. The molecule has 0 aliphatic carbocycles. The van der Waals surface area contributed by atoms with Crippen molar-refractivity contribution in [1.29, 1.82) is 0 Å². The van der Waals surface area contributed by atoms with Gasteiger partial charge < -0.3 is 10.5 Å². The third-order valence-electron chi connectivity index (χ3n) is 1.54. The molecule has 0 aromatic carbocycles. The number of hydrogen-bond donors (Lipinski definition) is 1. The second-order valence-electron chi connectivity index (χ2n) is 4.19. The van der Waals surface area contributed by atoms with Crippen LogP contribution < -0.4 is 5.73 Å². The molecule has 0 aromatic heterocycles. The number of ether oxygens (including phenoxy) is 1. The van der Waals surface area contributed by atoms with Crippen LogP contribution in [0.4, 0.5) is 0 Å². The van der Waals surface area contributed by atoms with E-state index in [4.69, 9.17) is 10.5 Å². The molecule has 0 saturated heterocycles. The summed E-state index contributed by atoms with van der Waals surface area (Å²) >= 11 is 3.24. The quantitative estimate of drug-likeness (QED) is 0.461. The summed E-state index contributed by atoms with van der Waals surface area (Å²) in [7, 11) is -0.969. The Morgan fingerprint density at radius 3 is 2.64 bits per heavy atom. The SMILES string of the molecule is C[Si](C)(C)CCOC/N=C(Br)/C=C\N. The molecule has 0 saturated carbocycles. The predicted octanol–water partition coefficient (Wildman–Crippen LogP) is 2.56. The van der Waals surface area contributed by atoms with E-state index in [1.165, 1.54) is 12.2 Å². The van der Waals surface area contributed by atoms with Gasteiger partial charge in [0.15, 0.2) is 0 Å². The Kier molecular flexibility index (Phi) is 7.13. The normalized spacial score (nSPS) is 13.9. The second-order valence-corrected chi connectivity index (χ2v) is 10.6. The third-order valence-corrected chi connectivity index (χ3v) is 3.76. The van der Waals surface area contributed by atoms with Gasteiger partial charge in [-0.05, 0) is 34.3 Å². The molecular weight excluding hydrogens is 260 g/mol. The Bertz CT molecular complexity index is 211. The zero-order valence-corrected chi connectivity index (χ0v) is 11.7. The molecule has 0 aliphatic rings. The van der Waals surface area contributed by atoms with Gasteiger partial charge in [0, 0.05) is 14.7 Å². The summed E-state index contributed by atoms with van der Waals surface area (Å²) in [4.78, 5) is 4.09. The molecule has 3 nitrogen and oxygen atoms in total. The molecule has 5 heteroatoms. The highest BCUT2D eigenvalue weighted by Crippen LogP contribution is 2.07. The van der Waals surface area contributed by atoms with Crippen LogP contribution in [0.5, 0.6) is 0 Å². The smallest absolute Gasteiger partial charge is 0.138 e. The molecule has 0 aliphatic heterocycles. The Morgan fingerprint density at radius 2 is 2.14 bits per heavy atom. The summed E-state index contributed by atoms with van der Waals surface area (Å²) in [6.45, 7) is 8.17. The van der Waals surface area contributed by atoms with E-state index in [1.54, 1.807) is 6.08 Å². The van der Waals surface area contributed by atoms with Gasteiger partial charge in [-0.2, -0.15) is 0 Å². The molecule has 0 amide bonds. The fraction of sp³-hybridized carbons (Fsp3) is 0.667. The van der Waals surface area contributed by atoms with Gasteiger partial charge in [0.25, 0.3) is 0 Å². The highest BCUT2D eigenvalue weighted by molar-refractivity contribution is 9.18. The lowest BCUT2D eigenvalue weighted by Crippen LogP contribution is -2.21. The number of halogens is 1. The van der Waals surface area contributed by atoms with Crippen LogP contribution in [0.25, 0.3) is 0 Å². The molecule has 0 aromatic rings. The van der Waals surface area contributed by atoms with Gasteiger partial charge in [0.2, 0.25) is 0 Å². The van der Waals surface area contributed by atoms with Crippen molar-refractivity contribution in [2.24, 2.45) is 10.7 Å². The minimum Gasteiger partial charge on any atom is -0.405 e. The highest BCUT2D eigenvalue weighted by atomic mass is 79.9. The summed E-state index contributed by atoms with van der Waals surface area (Å²) in [6.07, 6.45) is 3.12. The number of aliphatic imine (C=N–C) groups is 1. The van der Waals surface area contributed by atoms with Crippen molar-refractivity contribution in [3.63, 3.8) is 0 Å². The topological polar surface area (TPSA) is 47.6 Å². The molecule has 0 radical (unpaired) electrons. The average Bonchev–Trinajstić information content (AvgIpc) is 2.02. The monoisotopic (exact) mass is 278 g/mol. The molecule has 0 rings (SSSR count). The van der Waals surface area contributed by atoms with Crippen LogP contribution in [0.2, 0.25) is 25.7 Å². The van der Waals surface area contributed by atoms with Gasteiger partial charge in [-0.15, -0.1) is 0 Å². The predicted molar refractivity (Wildman–Crippen MR) is 68.7 cm³/mol. The van der Waals surface area contributed by atoms with Gasteiger partial charge >= 0.3 is 0 Å². The first kappa shape index (κ1) is 13.9.